The third kappa shape index (κ3) is 3.39. The number of hydrogen-bond acceptors (Lipinski definition) is 4. The number of hydrogen-bond donors (Lipinski definition) is 1. The molecule has 0 aliphatic carbocycles. The Morgan fingerprint density at radius 2 is 2.05 bits per heavy atom. The average Bonchev–Trinajstić information content (AvgIpc) is 2.39. The molecule has 1 aromatic carbocycles. The maximum Gasteiger partial charge on any atom is 0.314 e. The molecule has 5 nitrogen and oxygen atoms in total. The van der Waals surface area contributed by atoms with Crippen LogP contribution in [-0.2, 0) is 11.2 Å². The Morgan fingerprint density at radius 1 is 1.30 bits per heavy atom. The number of benzene rings is 1. The van der Waals surface area contributed by atoms with Crippen LogP contribution in [0, 0.1) is 13.8 Å². The average molecular weight is 336 g/mol. The van der Waals surface area contributed by atoms with E-state index < -0.39 is 11.9 Å². The van der Waals surface area contributed by atoms with E-state index in [1.807, 2.05) is 24.3 Å². The Kier molecular flexibility index (Phi) is 4.44. The van der Waals surface area contributed by atoms with Gasteiger partial charge in [0.05, 0.1) is 11.4 Å². The molecule has 0 radical (unpaired) electrons. The summed E-state index contributed by atoms with van der Waals surface area (Å²) in [5.41, 5.74) is 2.32. The molecular formula is C14H14BrN3O2. The van der Waals surface area contributed by atoms with Gasteiger partial charge in [0.2, 0.25) is 0 Å². The molecule has 1 N–H and O–H groups in total. The Hall–Kier alpha value is -1.82. The van der Waals surface area contributed by atoms with Crippen LogP contribution >= 0.6 is 15.9 Å². The second-order valence-corrected chi connectivity index (χ2v) is 5.48. The fourth-order valence-electron chi connectivity index (χ4n) is 1.81. The van der Waals surface area contributed by atoms with Crippen LogP contribution in [0.4, 0.5) is 0 Å². The van der Waals surface area contributed by atoms with E-state index in [1.165, 1.54) is 0 Å². The standard InChI is InChI=1S/C14H14BrN3O2/c1-8-9(2)17-18-13(16-8)12(14(19)20)7-10-4-3-5-11(15)6-10/h3-6,12H,7H2,1-2H3,(H,19,20). The molecule has 0 fully saturated rings. The van der Waals surface area contributed by atoms with E-state index in [-0.39, 0.29) is 5.82 Å². The van der Waals surface area contributed by atoms with E-state index in [0.29, 0.717) is 17.8 Å². The predicted molar refractivity (Wildman–Crippen MR) is 77.5 cm³/mol. The Bertz CT molecular complexity index is 646. The van der Waals surface area contributed by atoms with Gasteiger partial charge < -0.3 is 5.11 Å². The van der Waals surface area contributed by atoms with Crippen molar-refractivity contribution in [2.45, 2.75) is 26.2 Å². The number of halogens is 1. The van der Waals surface area contributed by atoms with Crippen molar-refractivity contribution in [1.82, 2.24) is 15.2 Å². The number of aryl methyl sites for hydroxylation is 2. The molecule has 0 spiro atoms. The number of aromatic nitrogens is 3. The van der Waals surface area contributed by atoms with Crippen molar-refractivity contribution >= 4 is 21.9 Å². The number of nitrogens with zero attached hydrogens (tertiary/aromatic N) is 3. The van der Waals surface area contributed by atoms with Gasteiger partial charge >= 0.3 is 5.97 Å². The van der Waals surface area contributed by atoms with E-state index in [0.717, 1.165) is 10.0 Å². The van der Waals surface area contributed by atoms with Crippen LogP contribution in [0.25, 0.3) is 0 Å². The van der Waals surface area contributed by atoms with Crippen LogP contribution in [0.15, 0.2) is 28.7 Å². The van der Waals surface area contributed by atoms with Crippen LogP contribution in [0.1, 0.15) is 28.7 Å². The Labute approximate surface area is 125 Å². The van der Waals surface area contributed by atoms with Gasteiger partial charge in [0.25, 0.3) is 0 Å². The fourth-order valence-corrected chi connectivity index (χ4v) is 2.26. The molecule has 0 saturated heterocycles. The molecule has 0 bridgehead atoms. The molecule has 1 aromatic heterocycles. The molecule has 20 heavy (non-hydrogen) atoms. The zero-order chi connectivity index (χ0) is 14.7. The fraction of sp³-hybridized carbons (Fsp3) is 0.286. The highest BCUT2D eigenvalue weighted by Gasteiger charge is 2.24. The van der Waals surface area contributed by atoms with Crippen LogP contribution < -0.4 is 0 Å². The van der Waals surface area contributed by atoms with Gasteiger partial charge in [-0.15, -0.1) is 5.10 Å². The van der Waals surface area contributed by atoms with Gasteiger partial charge in [-0.05, 0) is 38.0 Å². The summed E-state index contributed by atoms with van der Waals surface area (Å²) in [7, 11) is 0. The Morgan fingerprint density at radius 3 is 2.65 bits per heavy atom. The Balaban J connectivity index is 2.32. The molecule has 1 heterocycles. The number of carboxylic acid groups (broad SMARTS) is 1. The van der Waals surface area contributed by atoms with E-state index in [2.05, 4.69) is 31.1 Å². The van der Waals surface area contributed by atoms with Gasteiger partial charge in [-0.1, -0.05) is 28.1 Å². The molecule has 0 saturated carbocycles. The SMILES string of the molecule is Cc1nnc(C(Cc2cccc(Br)c2)C(=O)O)nc1C. The number of rotatable bonds is 4. The third-order valence-electron chi connectivity index (χ3n) is 3.05. The minimum atomic E-state index is -0.949. The lowest BCUT2D eigenvalue weighted by atomic mass is 9.98. The monoisotopic (exact) mass is 335 g/mol. The maximum atomic E-state index is 11.5. The van der Waals surface area contributed by atoms with Crippen molar-refractivity contribution in [2.75, 3.05) is 0 Å². The summed E-state index contributed by atoms with van der Waals surface area (Å²) in [6.07, 6.45) is 0.332. The molecule has 1 atom stereocenters. The first kappa shape index (κ1) is 14.6. The number of aliphatic carboxylic acids is 1. The van der Waals surface area contributed by atoms with Gasteiger partial charge in [-0.2, -0.15) is 5.10 Å². The van der Waals surface area contributed by atoms with Crippen LogP contribution in [0.5, 0.6) is 0 Å². The lowest BCUT2D eigenvalue weighted by molar-refractivity contribution is -0.139. The van der Waals surface area contributed by atoms with Crippen molar-refractivity contribution in [1.29, 1.82) is 0 Å². The zero-order valence-corrected chi connectivity index (χ0v) is 12.8. The van der Waals surface area contributed by atoms with Gasteiger partial charge in [0.15, 0.2) is 5.82 Å². The van der Waals surface area contributed by atoms with Crippen LogP contribution in [-0.4, -0.2) is 26.3 Å². The van der Waals surface area contributed by atoms with Crippen LogP contribution in [0.3, 0.4) is 0 Å². The van der Waals surface area contributed by atoms with Crippen molar-refractivity contribution in [3.05, 3.63) is 51.5 Å². The minimum Gasteiger partial charge on any atom is -0.481 e. The van der Waals surface area contributed by atoms with Crippen molar-refractivity contribution in [3.8, 4) is 0 Å². The predicted octanol–water partition coefficient (Wildman–Crippen LogP) is 2.66. The summed E-state index contributed by atoms with van der Waals surface area (Å²) in [5.74, 6) is -1.49. The number of carboxylic acids is 1. The van der Waals surface area contributed by atoms with E-state index in [9.17, 15) is 9.90 Å². The molecule has 104 valence electrons. The van der Waals surface area contributed by atoms with Crippen molar-refractivity contribution in [3.63, 3.8) is 0 Å². The second kappa shape index (κ2) is 6.09. The first-order valence-electron chi connectivity index (χ1n) is 6.12. The molecule has 2 aromatic rings. The first-order valence-corrected chi connectivity index (χ1v) is 6.91. The molecule has 0 aliphatic heterocycles. The normalized spacial score (nSPS) is 12.2. The highest BCUT2D eigenvalue weighted by Crippen LogP contribution is 2.21. The number of carbonyl (C=O) groups is 1. The third-order valence-corrected chi connectivity index (χ3v) is 3.54. The van der Waals surface area contributed by atoms with Gasteiger partial charge in [0.1, 0.15) is 5.92 Å². The summed E-state index contributed by atoms with van der Waals surface area (Å²) >= 11 is 3.38. The van der Waals surface area contributed by atoms with Crippen LogP contribution in [0.2, 0.25) is 0 Å². The zero-order valence-electron chi connectivity index (χ0n) is 11.2. The van der Waals surface area contributed by atoms with Crippen molar-refractivity contribution < 1.29 is 9.90 Å². The summed E-state index contributed by atoms with van der Waals surface area (Å²) in [6, 6.07) is 7.55. The molecule has 1 unspecified atom stereocenters. The van der Waals surface area contributed by atoms with Crippen molar-refractivity contribution in [2.24, 2.45) is 0 Å². The smallest absolute Gasteiger partial charge is 0.314 e. The molecule has 0 amide bonds. The van der Waals surface area contributed by atoms with E-state index >= 15 is 0 Å². The maximum absolute atomic E-state index is 11.5. The molecule has 2 rings (SSSR count). The molecule has 6 heteroatoms. The topological polar surface area (TPSA) is 76.0 Å². The van der Waals surface area contributed by atoms with E-state index in [1.54, 1.807) is 13.8 Å². The van der Waals surface area contributed by atoms with Gasteiger partial charge in [0, 0.05) is 4.47 Å². The summed E-state index contributed by atoms with van der Waals surface area (Å²) in [6.45, 7) is 3.59. The summed E-state index contributed by atoms with van der Waals surface area (Å²) in [4.78, 5) is 15.7. The van der Waals surface area contributed by atoms with Gasteiger partial charge in [-0.25, -0.2) is 4.98 Å². The lowest BCUT2D eigenvalue weighted by Gasteiger charge is -2.11. The first-order chi connectivity index (χ1) is 9.47. The second-order valence-electron chi connectivity index (χ2n) is 4.57. The quantitative estimate of drug-likeness (QED) is 0.929. The summed E-state index contributed by atoms with van der Waals surface area (Å²) in [5, 5.41) is 17.3. The van der Waals surface area contributed by atoms with Gasteiger partial charge in [-0.3, -0.25) is 4.79 Å². The molecule has 0 aliphatic rings. The lowest BCUT2D eigenvalue weighted by Crippen LogP contribution is -2.19. The minimum absolute atomic E-state index is 0.251. The summed E-state index contributed by atoms with van der Waals surface area (Å²) < 4.78 is 0.915. The molecular weight excluding hydrogens is 322 g/mol. The highest BCUT2D eigenvalue weighted by molar-refractivity contribution is 9.10. The largest absolute Gasteiger partial charge is 0.481 e. The highest BCUT2D eigenvalue weighted by atomic mass is 79.9. The van der Waals surface area contributed by atoms with E-state index in [4.69, 9.17) is 0 Å².